The van der Waals surface area contributed by atoms with Crippen molar-refractivity contribution in [1.29, 1.82) is 0 Å². The lowest BCUT2D eigenvalue weighted by molar-refractivity contribution is 0.373. The Morgan fingerprint density at radius 3 is 3.00 bits per heavy atom. The van der Waals surface area contributed by atoms with Gasteiger partial charge in [0.2, 0.25) is 5.89 Å². The molecule has 0 radical (unpaired) electrons. The highest BCUT2D eigenvalue weighted by atomic mass is 79.9. The van der Waals surface area contributed by atoms with Crippen molar-refractivity contribution in [2.24, 2.45) is 5.73 Å². The van der Waals surface area contributed by atoms with E-state index in [1.807, 2.05) is 6.20 Å². The largest absolute Gasteiger partial charge is 0.338 e. The number of aromatic nitrogens is 4. The van der Waals surface area contributed by atoms with E-state index in [0.29, 0.717) is 18.3 Å². The van der Waals surface area contributed by atoms with Crippen LogP contribution in [0.4, 0.5) is 0 Å². The van der Waals surface area contributed by atoms with Gasteiger partial charge in [0.15, 0.2) is 5.82 Å². The zero-order chi connectivity index (χ0) is 9.97. The molecule has 0 unspecified atom stereocenters. The summed E-state index contributed by atoms with van der Waals surface area (Å²) < 4.78 is 7.47. The molecule has 0 saturated heterocycles. The van der Waals surface area contributed by atoms with Crippen LogP contribution in [0.25, 0.3) is 0 Å². The predicted molar refractivity (Wildman–Crippen MR) is 51.2 cm³/mol. The molecular weight excluding hydrogens is 250 g/mol. The van der Waals surface area contributed by atoms with Gasteiger partial charge < -0.3 is 10.3 Å². The summed E-state index contributed by atoms with van der Waals surface area (Å²) in [4.78, 5) is 4.05. The van der Waals surface area contributed by atoms with Crippen molar-refractivity contribution in [3.05, 3.63) is 28.6 Å². The fourth-order valence-corrected chi connectivity index (χ4v) is 1.33. The van der Waals surface area contributed by atoms with Gasteiger partial charge in [-0.25, -0.2) is 0 Å². The summed E-state index contributed by atoms with van der Waals surface area (Å²) in [5.41, 5.74) is 5.33. The maximum absolute atomic E-state index is 5.33. The number of nitrogens with two attached hydrogens (primary N) is 1. The lowest BCUT2D eigenvalue weighted by Crippen LogP contribution is -2.02. The topological polar surface area (TPSA) is 82.8 Å². The first-order valence-corrected chi connectivity index (χ1v) is 4.76. The summed E-state index contributed by atoms with van der Waals surface area (Å²) in [6.45, 7) is 0.741. The minimum atomic E-state index is 0.260. The van der Waals surface area contributed by atoms with Crippen LogP contribution in [0, 0.1) is 0 Å². The van der Waals surface area contributed by atoms with Crippen LogP contribution in [0.15, 0.2) is 21.4 Å². The predicted octanol–water partition coefficient (Wildman–Crippen LogP) is 0.536. The Bertz CT molecular complexity index is 423. The zero-order valence-corrected chi connectivity index (χ0v) is 8.81. The Labute approximate surface area is 88.2 Å². The van der Waals surface area contributed by atoms with Crippen molar-refractivity contribution in [2.75, 3.05) is 0 Å². The number of hydrogen-bond acceptors (Lipinski definition) is 5. The van der Waals surface area contributed by atoms with Crippen molar-refractivity contribution in [3.63, 3.8) is 0 Å². The highest BCUT2D eigenvalue weighted by Gasteiger charge is 2.05. The van der Waals surface area contributed by atoms with Crippen LogP contribution in [0.5, 0.6) is 0 Å². The molecule has 14 heavy (non-hydrogen) atoms. The van der Waals surface area contributed by atoms with Crippen LogP contribution in [-0.4, -0.2) is 19.9 Å². The van der Waals surface area contributed by atoms with E-state index in [1.54, 1.807) is 10.9 Å². The fraction of sp³-hybridized carbons (Fsp3) is 0.286. The van der Waals surface area contributed by atoms with Gasteiger partial charge in [-0.05, 0) is 15.9 Å². The van der Waals surface area contributed by atoms with E-state index in [0.717, 1.165) is 4.47 Å². The molecule has 2 rings (SSSR count). The molecule has 2 aromatic rings. The van der Waals surface area contributed by atoms with Crippen molar-refractivity contribution in [1.82, 2.24) is 19.9 Å². The number of rotatable bonds is 3. The lowest BCUT2D eigenvalue weighted by atomic mass is 10.6. The smallest absolute Gasteiger partial charge is 0.240 e. The van der Waals surface area contributed by atoms with E-state index < -0.39 is 0 Å². The van der Waals surface area contributed by atoms with Gasteiger partial charge in [-0.15, -0.1) is 0 Å². The molecule has 0 aliphatic heterocycles. The number of hydrogen-bond donors (Lipinski definition) is 1. The Balaban J connectivity index is 2.10. The molecule has 2 aromatic heterocycles. The highest BCUT2D eigenvalue weighted by molar-refractivity contribution is 9.10. The molecule has 2 N–H and O–H groups in total. The summed E-state index contributed by atoms with van der Waals surface area (Å²) in [6.07, 6.45) is 3.53. The van der Waals surface area contributed by atoms with Gasteiger partial charge in [0.25, 0.3) is 0 Å². The van der Waals surface area contributed by atoms with Crippen LogP contribution in [0.2, 0.25) is 0 Å². The average Bonchev–Trinajstić information content (AvgIpc) is 2.76. The van der Waals surface area contributed by atoms with E-state index in [9.17, 15) is 0 Å². The Morgan fingerprint density at radius 1 is 1.57 bits per heavy atom. The molecule has 0 bridgehead atoms. The standard InChI is InChI=1S/C7H8BrN5O/c8-5-2-10-13(3-5)4-6-11-7(1-9)14-12-6/h2-3H,1,4,9H2. The van der Waals surface area contributed by atoms with Gasteiger partial charge in [-0.2, -0.15) is 10.1 Å². The molecule has 0 spiro atoms. The molecule has 0 saturated carbocycles. The second-order valence-corrected chi connectivity index (χ2v) is 3.58. The quantitative estimate of drug-likeness (QED) is 0.868. The Kier molecular flexibility index (Phi) is 2.60. The Morgan fingerprint density at radius 2 is 2.43 bits per heavy atom. The minimum absolute atomic E-state index is 0.260. The van der Waals surface area contributed by atoms with E-state index in [-0.39, 0.29) is 6.54 Å². The first kappa shape index (κ1) is 9.35. The third kappa shape index (κ3) is 1.99. The van der Waals surface area contributed by atoms with E-state index >= 15 is 0 Å². The molecular formula is C7H8BrN5O. The Hall–Kier alpha value is -1.21. The van der Waals surface area contributed by atoms with Crippen LogP contribution in [0.3, 0.4) is 0 Å². The molecule has 7 heteroatoms. The average molecular weight is 258 g/mol. The van der Waals surface area contributed by atoms with Crippen LogP contribution in [0.1, 0.15) is 11.7 Å². The summed E-state index contributed by atoms with van der Waals surface area (Å²) in [7, 11) is 0. The van der Waals surface area contributed by atoms with Crippen LogP contribution < -0.4 is 5.73 Å². The van der Waals surface area contributed by atoms with Crippen molar-refractivity contribution < 1.29 is 4.52 Å². The van der Waals surface area contributed by atoms with Gasteiger partial charge in [0, 0.05) is 6.20 Å². The zero-order valence-electron chi connectivity index (χ0n) is 7.22. The van der Waals surface area contributed by atoms with Gasteiger partial charge in [0.05, 0.1) is 17.2 Å². The highest BCUT2D eigenvalue weighted by Crippen LogP contribution is 2.07. The van der Waals surface area contributed by atoms with Gasteiger partial charge in [-0.1, -0.05) is 5.16 Å². The van der Waals surface area contributed by atoms with E-state index in [4.69, 9.17) is 10.3 Å². The molecule has 2 heterocycles. The molecule has 0 aliphatic rings. The maximum atomic E-state index is 5.33. The van der Waals surface area contributed by atoms with Crippen molar-refractivity contribution in [2.45, 2.75) is 13.1 Å². The first-order chi connectivity index (χ1) is 6.78. The van der Waals surface area contributed by atoms with Crippen molar-refractivity contribution in [3.8, 4) is 0 Å². The summed E-state index contributed by atoms with van der Waals surface area (Å²) in [6, 6.07) is 0. The molecule has 0 aromatic carbocycles. The molecule has 0 amide bonds. The summed E-state index contributed by atoms with van der Waals surface area (Å²) in [5.74, 6) is 1.01. The molecule has 0 aliphatic carbocycles. The number of nitrogens with zero attached hydrogens (tertiary/aromatic N) is 4. The van der Waals surface area contributed by atoms with Gasteiger partial charge >= 0.3 is 0 Å². The summed E-state index contributed by atoms with van der Waals surface area (Å²) >= 11 is 3.30. The second-order valence-electron chi connectivity index (χ2n) is 2.66. The van der Waals surface area contributed by atoms with Crippen molar-refractivity contribution >= 4 is 15.9 Å². The molecule has 0 fully saturated rings. The monoisotopic (exact) mass is 257 g/mol. The molecule has 6 nitrogen and oxygen atoms in total. The molecule has 0 atom stereocenters. The normalized spacial score (nSPS) is 10.7. The maximum Gasteiger partial charge on any atom is 0.240 e. The first-order valence-electron chi connectivity index (χ1n) is 3.97. The number of halogens is 1. The fourth-order valence-electron chi connectivity index (χ4n) is 1.01. The van der Waals surface area contributed by atoms with E-state index in [1.165, 1.54) is 0 Å². The third-order valence-electron chi connectivity index (χ3n) is 1.59. The van der Waals surface area contributed by atoms with Crippen LogP contribution >= 0.6 is 15.9 Å². The summed E-state index contributed by atoms with van der Waals surface area (Å²) in [5, 5.41) is 7.81. The van der Waals surface area contributed by atoms with Crippen LogP contribution in [-0.2, 0) is 13.1 Å². The third-order valence-corrected chi connectivity index (χ3v) is 2.00. The van der Waals surface area contributed by atoms with Gasteiger partial charge in [-0.3, -0.25) is 4.68 Å². The lowest BCUT2D eigenvalue weighted by Gasteiger charge is -1.93. The van der Waals surface area contributed by atoms with Gasteiger partial charge in [0.1, 0.15) is 6.54 Å². The SMILES string of the molecule is NCc1nc(Cn2cc(Br)cn2)no1. The minimum Gasteiger partial charge on any atom is -0.338 e. The molecule has 74 valence electrons. The second kappa shape index (κ2) is 3.89. The van der Waals surface area contributed by atoms with E-state index in [2.05, 4.69) is 31.2 Å².